The Labute approximate surface area is 262 Å². The molecule has 0 aliphatic carbocycles. The zero-order valence-electron chi connectivity index (χ0n) is 27.0. The van der Waals surface area contributed by atoms with Crippen molar-refractivity contribution in [2.75, 3.05) is 11.3 Å². The third kappa shape index (κ3) is 9.17. The van der Waals surface area contributed by atoms with E-state index in [9.17, 15) is 18.0 Å². The maximum Gasteiger partial charge on any atom is 0.264 e. The minimum Gasteiger partial charge on any atom is -0.354 e. The molecule has 0 aliphatic rings. The molecule has 0 bridgehead atoms. The normalized spacial score (nSPS) is 12.2. The summed E-state index contributed by atoms with van der Waals surface area (Å²) in [5, 5.41) is 6.91. The molecule has 240 valence electrons. The number of sulfonamides is 1. The third-order valence-electron chi connectivity index (χ3n) is 7.81. The molecule has 44 heavy (non-hydrogen) atoms. The van der Waals surface area contributed by atoms with Gasteiger partial charge in [-0.1, -0.05) is 101 Å². The van der Waals surface area contributed by atoms with Gasteiger partial charge in [-0.3, -0.25) is 9.59 Å². The number of aryl methyl sites for hydroxylation is 1. The number of carbonyl (C=O) groups is 2. The summed E-state index contributed by atoms with van der Waals surface area (Å²) in [6, 6.07) is 13.6. The number of hydrogen-bond donors (Lipinski definition) is 2. The lowest BCUT2D eigenvalue weighted by Gasteiger charge is -2.34. The van der Waals surface area contributed by atoms with Crippen molar-refractivity contribution in [1.29, 1.82) is 0 Å². The van der Waals surface area contributed by atoms with Gasteiger partial charge in [0.2, 0.25) is 17.7 Å². The number of nitrogens with one attached hydrogen (secondary N) is 2. The molecule has 0 saturated heterocycles. The summed E-state index contributed by atoms with van der Waals surface area (Å²) in [5.41, 5.74) is 3.32. The fourth-order valence-electron chi connectivity index (χ4n) is 5.10. The highest BCUT2D eigenvalue weighted by Crippen LogP contribution is 2.30. The van der Waals surface area contributed by atoms with Crippen LogP contribution in [0.25, 0.3) is 11.1 Å². The Morgan fingerprint density at radius 2 is 1.61 bits per heavy atom. The molecule has 0 saturated carbocycles. The van der Waals surface area contributed by atoms with E-state index in [4.69, 9.17) is 4.52 Å². The minimum absolute atomic E-state index is 0.0452. The van der Waals surface area contributed by atoms with Gasteiger partial charge in [0.25, 0.3) is 10.0 Å². The molecule has 3 rings (SSSR count). The van der Waals surface area contributed by atoms with Crippen LogP contribution in [-0.4, -0.2) is 42.9 Å². The van der Waals surface area contributed by atoms with Crippen molar-refractivity contribution in [1.82, 2.24) is 15.4 Å². The van der Waals surface area contributed by atoms with Crippen LogP contribution in [0.2, 0.25) is 0 Å². The first-order valence-electron chi connectivity index (χ1n) is 15.7. The Morgan fingerprint density at radius 1 is 0.932 bits per heavy atom. The zero-order chi connectivity index (χ0) is 32.3. The van der Waals surface area contributed by atoms with Gasteiger partial charge >= 0.3 is 0 Å². The quantitative estimate of drug-likeness (QED) is 0.156. The summed E-state index contributed by atoms with van der Waals surface area (Å²) >= 11 is 0. The van der Waals surface area contributed by atoms with Gasteiger partial charge in [0.1, 0.15) is 6.04 Å². The summed E-state index contributed by atoms with van der Waals surface area (Å²) < 4.78 is 34.5. The molecule has 3 aromatic rings. The van der Waals surface area contributed by atoms with Gasteiger partial charge in [0.15, 0.2) is 0 Å². The zero-order valence-corrected chi connectivity index (χ0v) is 27.8. The van der Waals surface area contributed by atoms with Crippen LogP contribution >= 0.6 is 0 Å². The van der Waals surface area contributed by atoms with Gasteiger partial charge in [0, 0.05) is 30.6 Å². The first-order chi connectivity index (χ1) is 21.0. The lowest BCUT2D eigenvalue weighted by atomic mass is 9.98. The largest absolute Gasteiger partial charge is 0.354 e. The van der Waals surface area contributed by atoms with Crippen LogP contribution in [-0.2, 0) is 26.2 Å². The van der Waals surface area contributed by atoms with Crippen LogP contribution in [0.1, 0.15) is 89.5 Å². The standard InChI is InChI=1S/C34H48N4O5S/c1-7-9-11-14-22-35-33(40)32(24(3)4)38(31(39)17-10-8-2)23-27-18-20-28(21-19-27)29-15-12-13-16-30(29)44(41,42)37-34-25(5)26(6)36-43-34/h12-13,15-16,18-21,24,32,37H,7-11,14,17,22-23H2,1-6H3,(H,35,40). The van der Waals surface area contributed by atoms with Crippen LogP contribution in [0.5, 0.6) is 0 Å². The van der Waals surface area contributed by atoms with E-state index in [1.54, 1.807) is 43.0 Å². The van der Waals surface area contributed by atoms with Gasteiger partial charge in [-0.25, -0.2) is 13.1 Å². The van der Waals surface area contributed by atoms with Crippen LogP contribution in [0, 0.1) is 19.8 Å². The second-order valence-corrected chi connectivity index (χ2v) is 13.3. The smallest absolute Gasteiger partial charge is 0.264 e. The number of amides is 2. The minimum atomic E-state index is -3.98. The van der Waals surface area contributed by atoms with Crippen molar-refractivity contribution in [2.45, 2.75) is 104 Å². The molecule has 0 radical (unpaired) electrons. The average molecular weight is 625 g/mol. The molecule has 9 nitrogen and oxygen atoms in total. The van der Waals surface area contributed by atoms with Crippen LogP contribution < -0.4 is 10.0 Å². The fourth-order valence-corrected chi connectivity index (χ4v) is 6.38. The lowest BCUT2D eigenvalue weighted by Crippen LogP contribution is -2.52. The third-order valence-corrected chi connectivity index (χ3v) is 9.20. The molecule has 1 heterocycles. The van der Waals surface area contributed by atoms with E-state index in [1.165, 1.54) is 0 Å². The van der Waals surface area contributed by atoms with E-state index in [0.717, 1.165) is 44.1 Å². The van der Waals surface area contributed by atoms with E-state index in [1.807, 2.05) is 45.0 Å². The van der Waals surface area contributed by atoms with Crippen molar-refractivity contribution in [3.8, 4) is 11.1 Å². The van der Waals surface area contributed by atoms with Gasteiger partial charge in [-0.15, -0.1) is 0 Å². The number of carbonyl (C=O) groups excluding carboxylic acids is 2. The van der Waals surface area contributed by atoms with Crippen molar-refractivity contribution in [3.63, 3.8) is 0 Å². The maximum atomic E-state index is 13.5. The Balaban J connectivity index is 1.86. The van der Waals surface area contributed by atoms with E-state index >= 15 is 0 Å². The van der Waals surface area contributed by atoms with Crippen molar-refractivity contribution >= 4 is 27.7 Å². The summed E-state index contributed by atoms with van der Waals surface area (Å²) in [4.78, 5) is 28.6. The summed E-state index contributed by atoms with van der Waals surface area (Å²) in [6.07, 6.45) is 6.26. The summed E-state index contributed by atoms with van der Waals surface area (Å²) in [7, 11) is -3.98. The first kappa shape index (κ1) is 34.8. The van der Waals surface area contributed by atoms with Crippen LogP contribution in [0.15, 0.2) is 57.9 Å². The van der Waals surface area contributed by atoms with Crippen molar-refractivity contribution in [2.24, 2.45) is 5.92 Å². The molecule has 0 spiro atoms. The lowest BCUT2D eigenvalue weighted by molar-refractivity contribution is -0.143. The van der Waals surface area contributed by atoms with Crippen LogP contribution in [0.4, 0.5) is 5.88 Å². The van der Waals surface area contributed by atoms with Gasteiger partial charge in [-0.05, 0) is 49.8 Å². The highest BCUT2D eigenvalue weighted by atomic mass is 32.2. The summed E-state index contributed by atoms with van der Waals surface area (Å²) in [6.45, 7) is 12.5. The predicted molar refractivity (Wildman–Crippen MR) is 175 cm³/mol. The van der Waals surface area contributed by atoms with E-state index in [2.05, 4.69) is 22.1 Å². The molecule has 0 aliphatic heterocycles. The number of rotatable bonds is 17. The van der Waals surface area contributed by atoms with E-state index in [0.29, 0.717) is 35.3 Å². The second-order valence-electron chi connectivity index (χ2n) is 11.7. The molecule has 2 amide bonds. The Kier molecular flexibility index (Phi) is 13.0. The topological polar surface area (TPSA) is 122 Å². The highest BCUT2D eigenvalue weighted by Gasteiger charge is 2.32. The van der Waals surface area contributed by atoms with E-state index < -0.39 is 16.1 Å². The Morgan fingerprint density at radius 3 is 2.23 bits per heavy atom. The Bertz CT molecular complexity index is 1480. The number of aromatic nitrogens is 1. The summed E-state index contributed by atoms with van der Waals surface area (Å²) in [5.74, 6) is -0.153. The fraction of sp³-hybridized carbons (Fsp3) is 0.500. The monoisotopic (exact) mass is 624 g/mol. The number of hydrogen-bond acceptors (Lipinski definition) is 6. The maximum absolute atomic E-state index is 13.5. The molecule has 1 atom stereocenters. The van der Waals surface area contributed by atoms with Gasteiger partial charge in [0.05, 0.1) is 10.6 Å². The molecule has 10 heteroatoms. The number of benzene rings is 2. The number of anilines is 1. The van der Waals surface area contributed by atoms with Crippen molar-refractivity contribution < 1.29 is 22.5 Å². The number of unbranched alkanes of at least 4 members (excludes halogenated alkanes) is 4. The predicted octanol–water partition coefficient (Wildman–Crippen LogP) is 7.00. The van der Waals surface area contributed by atoms with E-state index in [-0.39, 0.29) is 35.1 Å². The molecule has 2 N–H and O–H groups in total. The first-order valence-corrected chi connectivity index (χ1v) is 17.2. The SMILES string of the molecule is CCCCCCNC(=O)C(C(C)C)N(Cc1ccc(-c2ccccc2S(=O)(=O)Nc2onc(C)c2C)cc1)C(=O)CCCC. The Hall–Kier alpha value is -3.66. The molecule has 1 unspecified atom stereocenters. The molecule has 1 aromatic heterocycles. The van der Waals surface area contributed by atoms with Crippen LogP contribution in [0.3, 0.4) is 0 Å². The molecular weight excluding hydrogens is 576 g/mol. The average Bonchev–Trinajstić information content (AvgIpc) is 3.31. The molecule has 2 aromatic carbocycles. The second kappa shape index (κ2) is 16.4. The molecular formula is C34H48N4O5S. The highest BCUT2D eigenvalue weighted by molar-refractivity contribution is 7.92. The molecule has 0 fully saturated rings. The van der Waals surface area contributed by atoms with Gasteiger partial charge in [-0.2, -0.15) is 0 Å². The number of nitrogens with zero attached hydrogens (tertiary/aromatic N) is 2. The van der Waals surface area contributed by atoms with Gasteiger partial charge < -0.3 is 14.7 Å². The van der Waals surface area contributed by atoms with Crippen molar-refractivity contribution in [3.05, 3.63) is 65.4 Å².